The molecule has 2 heterocycles. The molecule has 0 aliphatic rings. The topological polar surface area (TPSA) is 72.0 Å². The SMILES string of the molecule is OC(Cc1nc2ccccc2o1)c1ncccn1. The minimum Gasteiger partial charge on any atom is -0.441 e. The van der Waals surface area contributed by atoms with Gasteiger partial charge in [-0.05, 0) is 18.2 Å². The lowest BCUT2D eigenvalue weighted by Crippen LogP contribution is -2.06. The highest BCUT2D eigenvalue weighted by Crippen LogP contribution is 2.19. The van der Waals surface area contributed by atoms with Crippen LogP contribution in [-0.4, -0.2) is 20.1 Å². The molecule has 0 aliphatic carbocycles. The molecule has 0 bridgehead atoms. The van der Waals surface area contributed by atoms with Crippen LogP contribution < -0.4 is 0 Å². The zero-order chi connectivity index (χ0) is 12.4. The van der Waals surface area contributed by atoms with Crippen molar-refractivity contribution in [3.8, 4) is 0 Å². The maximum atomic E-state index is 9.97. The van der Waals surface area contributed by atoms with Gasteiger partial charge in [0, 0.05) is 12.4 Å². The van der Waals surface area contributed by atoms with Gasteiger partial charge < -0.3 is 9.52 Å². The molecule has 0 fully saturated rings. The lowest BCUT2D eigenvalue weighted by Gasteiger charge is -2.05. The highest BCUT2D eigenvalue weighted by atomic mass is 16.4. The van der Waals surface area contributed by atoms with Crippen LogP contribution in [0.4, 0.5) is 0 Å². The van der Waals surface area contributed by atoms with E-state index in [1.807, 2.05) is 24.3 Å². The van der Waals surface area contributed by atoms with Gasteiger partial charge in [-0.15, -0.1) is 0 Å². The Morgan fingerprint density at radius 2 is 1.89 bits per heavy atom. The zero-order valence-corrected chi connectivity index (χ0v) is 9.52. The maximum Gasteiger partial charge on any atom is 0.198 e. The molecule has 0 saturated carbocycles. The Hall–Kier alpha value is -2.27. The van der Waals surface area contributed by atoms with Gasteiger partial charge in [-0.3, -0.25) is 0 Å². The number of aromatic nitrogens is 3. The lowest BCUT2D eigenvalue weighted by molar-refractivity contribution is 0.159. The van der Waals surface area contributed by atoms with Gasteiger partial charge in [-0.25, -0.2) is 15.0 Å². The fourth-order valence-corrected chi connectivity index (χ4v) is 1.75. The third-order valence-corrected chi connectivity index (χ3v) is 2.59. The number of aliphatic hydroxyl groups excluding tert-OH is 1. The molecular weight excluding hydrogens is 230 g/mol. The van der Waals surface area contributed by atoms with Gasteiger partial charge in [0.05, 0.1) is 6.42 Å². The monoisotopic (exact) mass is 241 g/mol. The fraction of sp³-hybridized carbons (Fsp3) is 0.154. The van der Waals surface area contributed by atoms with Gasteiger partial charge in [0.25, 0.3) is 0 Å². The summed E-state index contributed by atoms with van der Waals surface area (Å²) in [5, 5.41) is 9.97. The van der Waals surface area contributed by atoms with Gasteiger partial charge >= 0.3 is 0 Å². The molecule has 0 amide bonds. The van der Waals surface area contributed by atoms with Gasteiger partial charge in [0.1, 0.15) is 11.6 Å². The third-order valence-electron chi connectivity index (χ3n) is 2.59. The Balaban J connectivity index is 1.84. The molecule has 18 heavy (non-hydrogen) atoms. The van der Waals surface area contributed by atoms with Crippen molar-refractivity contribution in [3.05, 3.63) is 54.4 Å². The van der Waals surface area contributed by atoms with Gasteiger partial charge in [0.15, 0.2) is 17.3 Å². The van der Waals surface area contributed by atoms with E-state index in [0.29, 0.717) is 17.3 Å². The maximum absolute atomic E-state index is 9.97. The molecule has 0 spiro atoms. The number of benzene rings is 1. The summed E-state index contributed by atoms with van der Waals surface area (Å²) in [7, 11) is 0. The van der Waals surface area contributed by atoms with Crippen LogP contribution in [0, 0.1) is 0 Å². The molecule has 90 valence electrons. The van der Waals surface area contributed by atoms with Gasteiger partial charge in [-0.1, -0.05) is 12.1 Å². The largest absolute Gasteiger partial charge is 0.441 e. The van der Waals surface area contributed by atoms with Crippen molar-refractivity contribution >= 4 is 11.1 Å². The first-order valence-corrected chi connectivity index (χ1v) is 5.62. The second kappa shape index (κ2) is 4.54. The summed E-state index contributed by atoms with van der Waals surface area (Å²) in [4.78, 5) is 12.3. The van der Waals surface area contributed by atoms with Crippen LogP contribution in [0.1, 0.15) is 17.8 Å². The number of fused-ring (bicyclic) bond motifs is 1. The van der Waals surface area contributed by atoms with Crippen molar-refractivity contribution in [2.24, 2.45) is 0 Å². The van der Waals surface area contributed by atoms with E-state index in [9.17, 15) is 5.11 Å². The predicted molar refractivity (Wildman–Crippen MR) is 64.7 cm³/mol. The van der Waals surface area contributed by atoms with Crippen LogP contribution in [-0.2, 0) is 6.42 Å². The summed E-state index contributed by atoms with van der Waals surface area (Å²) in [6.45, 7) is 0. The standard InChI is InChI=1S/C13H11N3O2/c17-10(13-14-6-3-7-15-13)8-12-16-9-4-1-2-5-11(9)18-12/h1-7,10,17H,8H2. The number of nitrogens with zero attached hydrogens (tertiary/aromatic N) is 3. The molecule has 0 aliphatic heterocycles. The number of aliphatic hydroxyl groups is 1. The van der Waals surface area contributed by atoms with E-state index in [2.05, 4.69) is 15.0 Å². The minimum absolute atomic E-state index is 0.263. The second-order valence-electron chi connectivity index (χ2n) is 3.90. The summed E-state index contributed by atoms with van der Waals surface area (Å²) in [6.07, 6.45) is 2.65. The molecule has 5 nitrogen and oxygen atoms in total. The Kier molecular flexibility index (Phi) is 2.74. The smallest absolute Gasteiger partial charge is 0.198 e. The van der Waals surface area contributed by atoms with Crippen molar-refractivity contribution in [1.82, 2.24) is 15.0 Å². The van der Waals surface area contributed by atoms with Crippen LogP contribution in [0.2, 0.25) is 0 Å². The molecule has 1 atom stereocenters. The molecule has 2 aromatic heterocycles. The number of hydrogen-bond acceptors (Lipinski definition) is 5. The Morgan fingerprint density at radius 1 is 1.11 bits per heavy atom. The molecule has 1 unspecified atom stereocenters. The molecular formula is C13H11N3O2. The Bertz CT molecular complexity index is 618. The van der Waals surface area contributed by atoms with Gasteiger partial charge in [-0.2, -0.15) is 0 Å². The van der Waals surface area contributed by atoms with E-state index in [0.717, 1.165) is 5.52 Å². The number of rotatable bonds is 3. The second-order valence-corrected chi connectivity index (χ2v) is 3.90. The minimum atomic E-state index is -0.806. The zero-order valence-electron chi connectivity index (χ0n) is 9.52. The normalized spacial score (nSPS) is 12.7. The summed E-state index contributed by atoms with van der Waals surface area (Å²) in [5.74, 6) is 0.857. The van der Waals surface area contributed by atoms with Crippen LogP contribution in [0.25, 0.3) is 11.1 Å². The van der Waals surface area contributed by atoms with E-state index in [-0.39, 0.29) is 6.42 Å². The molecule has 0 radical (unpaired) electrons. The summed E-state index contributed by atoms with van der Waals surface area (Å²) in [5.41, 5.74) is 1.50. The van der Waals surface area contributed by atoms with Crippen molar-refractivity contribution < 1.29 is 9.52 Å². The number of oxazole rings is 1. The highest BCUT2D eigenvalue weighted by molar-refractivity contribution is 5.72. The van der Waals surface area contributed by atoms with Crippen LogP contribution in [0.3, 0.4) is 0 Å². The van der Waals surface area contributed by atoms with E-state index in [1.165, 1.54) is 0 Å². The third kappa shape index (κ3) is 2.08. The molecule has 1 N–H and O–H groups in total. The fourth-order valence-electron chi connectivity index (χ4n) is 1.75. The summed E-state index contributed by atoms with van der Waals surface area (Å²) in [6, 6.07) is 9.19. The predicted octanol–water partition coefficient (Wildman–Crippen LogP) is 1.89. The molecule has 1 aromatic carbocycles. The number of para-hydroxylation sites is 2. The van der Waals surface area contributed by atoms with Crippen molar-refractivity contribution in [2.45, 2.75) is 12.5 Å². The quantitative estimate of drug-likeness (QED) is 0.758. The first kappa shape index (κ1) is 10.9. The van der Waals surface area contributed by atoms with Crippen LogP contribution in [0.15, 0.2) is 47.1 Å². The summed E-state index contributed by atoms with van der Waals surface area (Å²) < 4.78 is 5.53. The van der Waals surface area contributed by atoms with E-state index < -0.39 is 6.10 Å². The lowest BCUT2D eigenvalue weighted by atomic mass is 10.2. The van der Waals surface area contributed by atoms with E-state index >= 15 is 0 Å². The number of hydrogen-bond donors (Lipinski definition) is 1. The molecule has 3 rings (SSSR count). The van der Waals surface area contributed by atoms with Crippen molar-refractivity contribution in [2.75, 3.05) is 0 Å². The average molecular weight is 241 g/mol. The van der Waals surface area contributed by atoms with E-state index in [4.69, 9.17) is 4.42 Å². The summed E-state index contributed by atoms with van der Waals surface area (Å²) >= 11 is 0. The first-order chi connectivity index (χ1) is 8.83. The van der Waals surface area contributed by atoms with E-state index in [1.54, 1.807) is 18.5 Å². The molecule has 3 aromatic rings. The van der Waals surface area contributed by atoms with Crippen LogP contribution in [0.5, 0.6) is 0 Å². The Labute approximate surface area is 103 Å². The van der Waals surface area contributed by atoms with Gasteiger partial charge in [0.2, 0.25) is 0 Å². The molecule has 0 saturated heterocycles. The average Bonchev–Trinajstić information content (AvgIpc) is 2.82. The van der Waals surface area contributed by atoms with Crippen molar-refractivity contribution in [1.29, 1.82) is 0 Å². The highest BCUT2D eigenvalue weighted by Gasteiger charge is 2.15. The first-order valence-electron chi connectivity index (χ1n) is 5.62. The van der Waals surface area contributed by atoms with Crippen molar-refractivity contribution in [3.63, 3.8) is 0 Å². The van der Waals surface area contributed by atoms with Crippen LogP contribution >= 0.6 is 0 Å². The Morgan fingerprint density at radius 3 is 2.67 bits per heavy atom. The molecule has 5 heteroatoms.